The van der Waals surface area contributed by atoms with Crippen molar-refractivity contribution in [2.24, 2.45) is 10.7 Å². The second kappa shape index (κ2) is 8.17. The van der Waals surface area contributed by atoms with Gasteiger partial charge in [0.25, 0.3) is 0 Å². The van der Waals surface area contributed by atoms with Crippen LogP contribution in [0.2, 0.25) is 0 Å². The fourth-order valence-corrected chi connectivity index (χ4v) is 2.99. The molecule has 0 aliphatic heterocycles. The molecule has 1 aliphatic carbocycles. The molecule has 2 rings (SSSR count). The Balaban J connectivity index is 2.06. The highest BCUT2D eigenvalue weighted by Gasteiger charge is 2.16. The molecular weight excluding hydrogens is 268 g/mol. The number of hydrogen-bond acceptors (Lipinski definition) is 3. The molecule has 4 nitrogen and oxygen atoms in total. The molecule has 0 unspecified atom stereocenters. The summed E-state index contributed by atoms with van der Waals surface area (Å²) >= 11 is 1.73. The van der Waals surface area contributed by atoms with Crippen LogP contribution in [0.4, 0.5) is 5.69 Å². The smallest absolute Gasteiger partial charge is 0.196 e. The minimum Gasteiger partial charge on any atom is -0.353 e. The van der Waals surface area contributed by atoms with Crippen LogP contribution in [0, 0.1) is 0 Å². The number of aliphatic imine (C=N–C) groups is 1. The second-order valence-electron chi connectivity index (χ2n) is 4.97. The van der Waals surface area contributed by atoms with E-state index in [0.29, 0.717) is 19.1 Å². The summed E-state index contributed by atoms with van der Waals surface area (Å²) in [5.74, 6) is 0.851. The molecule has 5 heteroatoms. The van der Waals surface area contributed by atoms with Crippen molar-refractivity contribution in [2.75, 3.05) is 24.7 Å². The number of benzene rings is 1. The topological polar surface area (TPSA) is 62.4 Å². The Hall–Kier alpha value is -1.20. The lowest BCUT2D eigenvalue weighted by Crippen LogP contribution is -2.38. The van der Waals surface area contributed by atoms with Crippen LogP contribution in [-0.4, -0.2) is 31.3 Å². The first-order valence-electron chi connectivity index (χ1n) is 7.24. The molecule has 0 radical (unpaired) electrons. The first kappa shape index (κ1) is 15.2. The monoisotopic (exact) mass is 292 g/mol. The minimum atomic E-state index is 0.542. The lowest BCUT2D eigenvalue weighted by molar-refractivity contribution is 0.628. The molecule has 1 saturated carbocycles. The summed E-state index contributed by atoms with van der Waals surface area (Å²) < 4.78 is 0. The highest BCUT2D eigenvalue weighted by molar-refractivity contribution is 7.98. The van der Waals surface area contributed by atoms with Crippen LogP contribution in [0.5, 0.6) is 0 Å². The van der Waals surface area contributed by atoms with Crippen LogP contribution in [-0.2, 0) is 0 Å². The molecule has 1 aromatic carbocycles. The summed E-state index contributed by atoms with van der Waals surface area (Å²) in [6.07, 6.45) is 7.16. The Morgan fingerprint density at radius 2 is 2.10 bits per heavy atom. The Kier molecular flexibility index (Phi) is 6.21. The standard InChI is InChI=1S/C15H24N4S/c1-20-14-9-5-4-8-13(14)19-15(17-11-10-16)18-12-6-2-3-7-12/h4-5,8-9,12H,2-3,6-7,10-11,16H2,1H3,(H2,17,18,19). The van der Waals surface area contributed by atoms with Gasteiger partial charge in [-0.05, 0) is 31.2 Å². The fraction of sp³-hybridized carbons (Fsp3) is 0.533. The van der Waals surface area contributed by atoms with E-state index in [4.69, 9.17) is 5.73 Å². The maximum atomic E-state index is 5.57. The number of hydrogen-bond donors (Lipinski definition) is 3. The molecule has 0 aromatic heterocycles. The van der Waals surface area contributed by atoms with Crippen molar-refractivity contribution in [3.05, 3.63) is 24.3 Å². The van der Waals surface area contributed by atoms with E-state index in [2.05, 4.69) is 40.1 Å². The molecule has 1 aromatic rings. The minimum absolute atomic E-state index is 0.542. The zero-order valence-corrected chi connectivity index (χ0v) is 12.9. The molecule has 4 N–H and O–H groups in total. The number of anilines is 1. The van der Waals surface area contributed by atoms with E-state index in [1.807, 2.05) is 6.07 Å². The first-order chi connectivity index (χ1) is 9.83. The van der Waals surface area contributed by atoms with E-state index in [1.165, 1.54) is 30.6 Å². The molecule has 0 saturated heterocycles. The van der Waals surface area contributed by atoms with Gasteiger partial charge in [-0.15, -0.1) is 11.8 Å². The lowest BCUT2D eigenvalue weighted by atomic mass is 10.2. The van der Waals surface area contributed by atoms with Gasteiger partial charge in [-0.2, -0.15) is 0 Å². The summed E-state index contributed by atoms with van der Waals surface area (Å²) in [5, 5.41) is 6.95. The zero-order valence-electron chi connectivity index (χ0n) is 12.1. The molecule has 1 fully saturated rings. The van der Waals surface area contributed by atoms with E-state index < -0.39 is 0 Å². The average molecular weight is 292 g/mol. The van der Waals surface area contributed by atoms with Gasteiger partial charge in [0, 0.05) is 17.5 Å². The van der Waals surface area contributed by atoms with Crippen molar-refractivity contribution in [3.63, 3.8) is 0 Å². The van der Waals surface area contributed by atoms with E-state index in [-0.39, 0.29) is 0 Å². The van der Waals surface area contributed by atoms with Gasteiger partial charge in [0.05, 0.1) is 12.2 Å². The Morgan fingerprint density at radius 3 is 2.80 bits per heavy atom. The number of nitrogens with one attached hydrogen (secondary N) is 2. The lowest BCUT2D eigenvalue weighted by Gasteiger charge is -2.18. The molecule has 0 spiro atoms. The maximum absolute atomic E-state index is 5.57. The molecule has 0 amide bonds. The van der Waals surface area contributed by atoms with Crippen LogP contribution in [0.25, 0.3) is 0 Å². The number of guanidine groups is 1. The van der Waals surface area contributed by atoms with Crippen molar-refractivity contribution in [3.8, 4) is 0 Å². The third-order valence-corrected chi connectivity index (χ3v) is 4.25. The van der Waals surface area contributed by atoms with Gasteiger partial charge in [0.15, 0.2) is 5.96 Å². The number of rotatable bonds is 5. The highest BCUT2D eigenvalue weighted by Crippen LogP contribution is 2.24. The zero-order chi connectivity index (χ0) is 14.2. The van der Waals surface area contributed by atoms with Gasteiger partial charge < -0.3 is 16.4 Å². The molecular formula is C15H24N4S. The second-order valence-corrected chi connectivity index (χ2v) is 5.82. The van der Waals surface area contributed by atoms with Gasteiger partial charge in [-0.3, -0.25) is 4.99 Å². The van der Waals surface area contributed by atoms with Crippen molar-refractivity contribution < 1.29 is 0 Å². The number of para-hydroxylation sites is 1. The highest BCUT2D eigenvalue weighted by atomic mass is 32.2. The van der Waals surface area contributed by atoms with Crippen LogP contribution >= 0.6 is 11.8 Å². The Morgan fingerprint density at radius 1 is 1.35 bits per heavy atom. The van der Waals surface area contributed by atoms with Crippen LogP contribution in [0.3, 0.4) is 0 Å². The van der Waals surface area contributed by atoms with E-state index in [9.17, 15) is 0 Å². The van der Waals surface area contributed by atoms with Crippen molar-refractivity contribution in [1.29, 1.82) is 0 Å². The van der Waals surface area contributed by atoms with Gasteiger partial charge >= 0.3 is 0 Å². The van der Waals surface area contributed by atoms with Gasteiger partial charge in [-0.25, -0.2) is 0 Å². The number of nitrogens with two attached hydrogens (primary N) is 1. The van der Waals surface area contributed by atoms with Crippen molar-refractivity contribution in [2.45, 2.75) is 36.6 Å². The summed E-state index contributed by atoms with van der Waals surface area (Å²) in [4.78, 5) is 5.76. The van der Waals surface area contributed by atoms with Crippen LogP contribution in [0.15, 0.2) is 34.2 Å². The van der Waals surface area contributed by atoms with E-state index >= 15 is 0 Å². The van der Waals surface area contributed by atoms with Gasteiger partial charge in [0.2, 0.25) is 0 Å². The maximum Gasteiger partial charge on any atom is 0.196 e. The Bertz CT molecular complexity index is 441. The summed E-state index contributed by atoms with van der Waals surface area (Å²) in [7, 11) is 0. The third-order valence-electron chi connectivity index (χ3n) is 3.46. The quantitative estimate of drug-likeness (QED) is 0.443. The molecule has 0 atom stereocenters. The summed E-state index contributed by atoms with van der Waals surface area (Å²) in [6, 6.07) is 8.83. The third kappa shape index (κ3) is 4.42. The van der Waals surface area contributed by atoms with Crippen molar-refractivity contribution in [1.82, 2.24) is 5.32 Å². The summed E-state index contributed by atoms with van der Waals surface area (Å²) in [6.45, 7) is 1.21. The van der Waals surface area contributed by atoms with Crippen LogP contribution in [0.1, 0.15) is 25.7 Å². The largest absolute Gasteiger partial charge is 0.353 e. The predicted molar refractivity (Wildman–Crippen MR) is 88.6 cm³/mol. The van der Waals surface area contributed by atoms with E-state index in [0.717, 1.165) is 11.6 Å². The van der Waals surface area contributed by atoms with E-state index in [1.54, 1.807) is 11.8 Å². The molecule has 1 aliphatic rings. The molecule has 110 valence electrons. The van der Waals surface area contributed by atoms with Gasteiger partial charge in [-0.1, -0.05) is 25.0 Å². The Labute approximate surface area is 125 Å². The number of thioether (sulfide) groups is 1. The van der Waals surface area contributed by atoms with Crippen molar-refractivity contribution >= 4 is 23.4 Å². The number of nitrogens with zero attached hydrogens (tertiary/aromatic N) is 1. The molecule has 0 heterocycles. The summed E-state index contributed by atoms with van der Waals surface area (Å²) in [5.41, 5.74) is 6.67. The molecule has 0 bridgehead atoms. The average Bonchev–Trinajstić information content (AvgIpc) is 2.98. The first-order valence-corrected chi connectivity index (χ1v) is 8.47. The predicted octanol–water partition coefficient (Wildman–Crippen LogP) is 2.67. The van der Waals surface area contributed by atoms with Gasteiger partial charge in [0.1, 0.15) is 0 Å². The SMILES string of the molecule is CSc1ccccc1NC(=NCCN)NC1CCCC1. The normalized spacial score (nSPS) is 16.4. The molecule has 20 heavy (non-hydrogen) atoms. The fourth-order valence-electron chi connectivity index (χ4n) is 2.44. The van der Waals surface area contributed by atoms with Crippen LogP contribution < -0.4 is 16.4 Å².